The van der Waals surface area contributed by atoms with Crippen molar-refractivity contribution in [3.63, 3.8) is 0 Å². The average Bonchev–Trinajstić information content (AvgIpc) is 2.15. The molecular formula is C11H15BrO3S. The minimum Gasteiger partial charge on any atom is -0.396 e. The van der Waals surface area contributed by atoms with Crippen molar-refractivity contribution in [2.45, 2.75) is 12.7 Å². The zero-order valence-electron chi connectivity index (χ0n) is 9.06. The lowest BCUT2D eigenvalue weighted by Crippen LogP contribution is -2.18. The molecule has 0 fully saturated rings. The summed E-state index contributed by atoms with van der Waals surface area (Å²) in [5.74, 6) is -0.163. The molecule has 1 aromatic rings. The molecule has 0 heterocycles. The number of benzene rings is 1. The van der Waals surface area contributed by atoms with Gasteiger partial charge in [-0.15, -0.1) is 0 Å². The smallest absolute Gasteiger partial charge is 0.154 e. The Balaban J connectivity index is 2.73. The van der Waals surface area contributed by atoms with Gasteiger partial charge in [-0.2, -0.15) is 0 Å². The summed E-state index contributed by atoms with van der Waals surface area (Å²) in [4.78, 5) is 0. The normalized spacial score (nSPS) is 13.7. The molecule has 16 heavy (non-hydrogen) atoms. The summed E-state index contributed by atoms with van der Waals surface area (Å²) in [5.41, 5.74) is 0.763. The maximum absolute atomic E-state index is 11.8. The van der Waals surface area contributed by atoms with Crippen molar-refractivity contribution in [2.75, 3.05) is 12.4 Å². The lowest BCUT2D eigenvalue weighted by molar-refractivity contribution is 0.249. The molecule has 1 rings (SSSR count). The molecule has 0 saturated heterocycles. The SMILES string of the molecule is C[C@@H](CO)CS(=O)(=O)Cc1cccc(Br)c1. The number of sulfone groups is 1. The highest BCUT2D eigenvalue weighted by molar-refractivity contribution is 9.10. The van der Waals surface area contributed by atoms with Crippen LogP contribution >= 0.6 is 15.9 Å². The maximum Gasteiger partial charge on any atom is 0.154 e. The summed E-state index contributed by atoms with van der Waals surface area (Å²) in [5, 5.41) is 8.84. The van der Waals surface area contributed by atoms with E-state index in [0.717, 1.165) is 10.0 Å². The van der Waals surface area contributed by atoms with E-state index in [1.165, 1.54) is 0 Å². The number of halogens is 1. The van der Waals surface area contributed by atoms with Crippen LogP contribution in [0.25, 0.3) is 0 Å². The van der Waals surface area contributed by atoms with Crippen LogP contribution in [0.3, 0.4) is 0 Å². The molecule has 0 unspecified atom stereocenters. The molecular weight excluding hydrogens is 292 g/mol. The summed E-state index contributed by atoms with van der Waals surface area (Å²) in [6.07, 6.45) is 0. The molecule has 1 aromatic carbocycles. The summed E-state index contributed by atoms with van der Waals surface area (Å²) in [7, 11) is -3.14. The second-order valence-corrected chi connectivity index (χ2v) is 7.00. The van der Waals surface area contributed by atoms with Crippen LogP contribution in [0.5, 0.6) is 0 Å². The van der Waals surface area contributed by atoms with Gasteiger partial charge < -0.3 is 5.11 Å². The van der Waals surface area contributed by atoms with Crippen molar-refractivity contribution < 1.29 is 13.5 Å². The van der Waals surface area contributed by atoms with Gasteiger partial charge >= 0.3 is 0 Å². The first-order chi connectivity index (χ1) is 7.43. The summed E-state index contributed by atoms with van der Waals surface area (Å²) in [6, 6.07) is 7.24. The Labute approximate surface area is 105 Å². The number of hydrogen-bond acceptors (Lipinski definition) is 3. The zero-order chi connectivity index (χ0) is 12.2. The Hall–Kier alpha value is -0.390. The second-order valence-electron chi connectivity index (χ2n) is 3.97. The van der Waals surface area contributed by atoms with Gasteiger partial charge in [0.1, 0.15) is 0 Å². The van der Waals surface area contributed by atoms with Gasteiger partial charge in [-0.25, -0.2) is 8.42 Å². The molecule has 0 aromatic heterocycles. The molecule has 0 saturated carbocycles. The van der Waals surface area contributed by atoms with Gasteiger partial charge in [-0.05, 0) is 23.6 Å². The van der Waals surface area contributed by atoms with Crippen LogP contribution in [0.4, 0.5) is 0 Å². The predicted octanol–water partition coefficient (Wildman–Crippen LogP) is 1.99. The van der Waals surface area contributed by atoms with Gasteiger partial charge in [0.25, 0.3) is 0 Å². The Bertz CT molecular complexity index is 442. The van der Waals surface area contributed by atoms with Gasteiger partial charge in [-0.3, -0.25) is 0 Å². The van der Waals surface area contributed by atoms with E-state index in [4.69, 9.17) is 5.11 Å². The van der Waals surface area contributed by atoms with E-state index in [-0.39, 0.29) is 24.0 Å². The fourth-order valence-corrected chi connectivity index (χ4v) is 3.65. The molecule has 90 valence electrons. The minimum atomic E-state index is -3.14. The van der Waals surface area contributed by atoms with Gasteiger partial charge in [0, 0.05) is 11.1 Å². The molecule has 0 aliphatic rings. The molecule has 0 radical (unpaired) electrons. The third-order valence-corrected chi connectivity index (χ3v) is 4.47. The Kier molecular flexibility index (Phi) is 4.95. The molecule has 3 nitrogen and oxygen atoms in total. The highest BCUT2D eigenvalue weighted by atomic mass is 79.9. The van der Waals surface area contributed by atoms with Crippen molar-refractivity contribution in [3.05, 3.63) is 34.3 Å². The Morgan fingerprint density at radius 1 is 1.44 bits per heavy atom. The molecule has 0 aliphatic heterocycles. The third-order valence-electron chi connectivity index (χ3n) is 2.13. The second kappa shape index (κ2) is 5.80. The lowest BCUT2D eigenvalue weighted by atomic mass is 10.2. The van der Waals surface area contributed by atoms with E-state index >= 15 is 0 Å². The van der Waals surface area contributed by atoms with Crippen molar-refractivity contribution in [2.24, 2.45) is 5.92 Å². The predicted molar refractivity (Wildman–Crippen MR) is 67.9 cm³/mol. The summed E-state index contributed by atoms with van der Waals surface area (Å²) < 4.78 is 24.4. The zero-order valence-corrected chi connectivity index (χ0v) is 11.5. The molecule has 0 aliphatic carbocycles. The number of hydrogen-bond donors (Lipinski definition) is 1. The standard InChI is InChI=1S/C11H15BrO3S/c1-9(6-13)7-16(14,15)8-10-3-2-4-11(12)5-10/h2-5,9,13H,6-8H2,1H3/t9-/m0/s1. The molecule has 0 bridgehead atoms. The summed E-state index contributed by atoms with van der Waals surface area (Å²) in [6.45, 7) is 1.62. The van der Waals surface area contributed by atoms with E-state index < -0.39 is 9.84 Å². The number of rotatable bonds is 5. The molecule has 1 atom stereocenters. The van der Waals surface area contributed by atoms with Crippen molar-refractivity contribution >= 4 is 25.8 Å². The first-order valence-electron chi connectivity index (χ1n) is 4.98. The van der Waals surface area contributed by atoms with Crippen molar-refractivity contribution in [1.82, 2.24) is 0 Å². The minimum absolute atomic E-state index is 0.0238. The molecule has 0 amide bonds. The Morgan fingerprint density at radius 2 is 2.12 bits per heavy atom. The highest BCUT2D eigenvalue weighted by Crippen LogP contribution is 2.15. The molecule has 0 spiro atoms. The quantitative estimate of drug-likeness (QED) is 0.905. The van der Waals surface area contributed by atoms with Crippen LogP contribution in [0.1, 0.15) is 12.5 Å². The molecule has 5 heteroatoms. The fraction of sp³-hybridized carbons (Fsp3) is 0.455. The van der Waals surface area contributed by atoms with Gasteiger partial charge in [0.15, 0.2) is 9.84 Å². The van der Waals surface area contributed by atoms with E-state index in [9.17, 15) is 8.42 Å². The first-order valence-corrected chi connectivity index (χ1v) is 7.60. The summed E-state index contributed by atoms with van der Waals surface area (Å²) >= 11 is 3.30. The first kappa shape index (κ1) is 13.7. The molecule has 1 N–H and O–H groups in total. The van der Waals surface area contributed by atoms with E-state index in [2.05, 4.69) is 15.9 Å². The van der Waals surface area contributed by atoms with Crippen molar-refractivity contribution in [1.29, 1.82) is 0 Å². The van der Waals surface area contributed by atoms with E-state index in [1.807, 2.05) is 12.1 Å². The van der Waals surface area contributed by atoms with Crippen LogP contribution < -0.4 is 0 Å². The fourth-order valence-electron chi connectivity index (χ4n) is 1.43. The van der Waals surface area contributed by atoms with Crippen LogP contribution in [0, 0.1) is 5.92 Å². The largest absolute Gasteiger partial charge is 0.396 e. The highest BCUT2D eigenvalue weighted by Gasteiger charge is 2.16. The topological polar surface area (TPSA) is 54.4 Å². The van der Waals surface area contributed by atoms with Crippen LogP contribution in [-0.4, -0.2) is 25.9 Å². The van der Waals surface area contributed by atoms with Gasteiger partial charge in [0.2, 0.25) is 0 Å². The van der Waals surface area contributed by atoms with Gasteiger partial charge in [-0.1, -0.05) is 35.0 Å². The van der Waals surface area contributed by atoms with Crippen molar-refractivity contribution in [3.8, 4) is 0 Å². The van der Waals surface area contributed by atoms with E-state index in [0.29, 0.717) is 0 Å². The monoisotopic (exact) mass is 306 g/mol. The van der Waals surface area contributed by atoms with Crippen LogP contribution in [-0.2, 0) is 15.6 Å². The van der Waals surface area contributed by atoms with Gasteiger partial charge in [0.05, 0.1) is 11.5 Å². The number of aliphatic hydroxyl groups excluding tert-OH is 1. The lowest BCUT2D eigenvalue weighted by Gasteiger charge is -2.09. The Morgan fingerprint density at radius 3 is 2.69 bits per heavy atom. The van der Waals surface area contributed by atoms with E-state index in [1.54, 1.807) is 19.1 Å². The maximum atomic E-state index is 11.8. The third kappa shape index (κ3) is 4.63. The number of aliphatic hydroxyl groups is 1. The van der Waals surface area contributed by atoms with Crippen LogP contribution in [0.2, 0.25) is 0 Å². The average molecular weight is 307 g/mol. The van der Waals surface area contributed by atoms with Crippen LogP contribution in [0.15, 0.2) is 28.7 Å².